The molecule has 0 saturated carbocycles. The van der Waals surface area contributed by atoms with E-state index in [2.05, 4.69) is 22.5 Å². The van der Waals surface area contributed by atoms with Crippen molar-refractivity contribution < 1.29 is 14.3 Å². The summed E-state index contributed by atoms with van der Waals surface area (Å²) in [5.41, 5.74) is 5.07. The van der Waals surface area contributed by atoms with E-state index in [1.54, 1.807) is 16.4 Å². The first-order chi connectivity index (χ1) is 17.7. The van der Waals surface area contributed by atoms with Gasteiger partial charge in [0.05, 0.1) is 18.3 Å². The zero-order valence-corrected chi connectivity index (χ0v) is 23.3. The number of nitrogens with zero attached hydrogens (tertiary/aromatic N) is 3. The van der Waals surface area contributed by atoms with Crippen LogP contribution in [0.3, 0.4) is 0 Å². The number of ether oxygens (including phenoxy) is 2. The van der Waals surface area contributed by atoms with Crippen LogP contribution in [0.1, 0.15) is 57.4 Å². The SMILES string of the molecule is CCOc1cc(C2C(C(=O)Nc3cccc(C)c3C)=C(C)Nc3nc(SCC)nn32)ccc1OC(C)C. The van der Waals surface area contributed by atoms with Gasteiger partial charge in [0, 0.05) is 11.4 Å². The fraction of sp³-hybridized carbons (Fsp3) is 0.393. The van der Waals surface area contributed by atoms with E-state index in [0.717, 1.165) is 33.8 Å². The fourth-order valence-corrected chi connectivity index (χ4v) is 4.87. The number of carbonyl (C=O) groups is 1. The Balaban J connectivity index is 1.82. The van der Waals surface area contributed by atoms with Gasteiger partial charge in [0.2, 0.25) is 11.1 Å². The van der Waals surface area contributed by atoms with Gasteiger partial charge < -0.3 is 20.1 Å². The molecule has 0 spiro atoms. The van der Waals surface area contributed by atoms with Crippen molar-refractivity contribution in [2.24, 2.45) is 0 Å². The largest absolute Gasteiger partial charge is 0.490 e. The van der Waals surface area contributed by atoms with Crippen LogP contribution in [0.4, 0.5) is 11.6 Å². The number of amides is 1. The van der Waals surface area contributed by atoms with Crippen LogP contribution in [0.25, 0.3) is 0 Å². The molecule has 0 fully saturated rings. The molecular formula is C28H35N5O3S. The summed E-state index contributed by atoms with van der Waals surface area (Å²) in [7, 11) is 0. The number of rotatable bonds is 9. The van der Waals surface area contributed by atoms with Gasteiger partial charge in [-0.05, 0) is 82.2 Å². The lowest BCUT2D eigenvalue weighted by Crippen LogP contribution is -2.31. The molecule has 1 aliphatic rings. The van der Waals surface area contributed by atoms with E-state index in [1.807, 2.05) is 77.9 Å². The van der Waals surface area contributed by atoms with Crippen molar-refractivity contribution in [3.05, 3.63) is 64.4 Å². The number of hydrogen-bond donors (Lipinski definition) is 2. The van der Waals surface area contributed by atoms with E-state index in [0.29, 0.717) is 34.8 Å². The van der Waals surface area contributed by atoms with Crippen LogP contribution in [0, 0.1) is 13.8 Å². The van der Waals surface area contributed by atoms with Crippen LogP contribution in [0.2, 0.25) is 0 Å². The van der Waals surface area contributed by atoms with Crippen LogP contribution in [-0.4, -0.2) is 39.1 Å². The predicted octanol–water partition coefficient (Wildman–Crippen LogP) is 6.12. The highest BCUT2D eigenvalue weighted by atomic mass is 32.2. The molecule has 2 heterocycles. The Morgan fingerprint density at radius 2 is 1.95 bits per heavy atom. The summed E-state index contributed by atoms with van der Waals surface area (Å²) in [6.07, 6.45) is 0.000490. The third-order valence-electron chi connectivity index (χ3n) is 6.15. The maximum absolute atomic E-state index is 13.9. The molecule has 8 nitrogen and oxygen atoms in total. The zero-order chi connectivity index (χ0) is 26.7. The lowest BCUT2D eigenvalue weighted by atomic mass is 9.94. The molecule has 2 N–H and O–H groups in total. The quantitative estimate of drug-likeness (QED) is 0.328. The molecule has 9 heteroatoms. The van der Waals surface area contributed by atoms with Crippen LogP contribution in [0.5, 0.6) is 11.5 Å². The minimum absolute atomic E-state index is 0.000490. The Bertz CT molecular complexity index is 1330. The average molecular weight is 522 g/mol. The minimum atomic E-state index is -0.507. The molecule has 4 rings (SSSR count). The van der Waals surface area contributed by atoms with Gasteiger partial charge in [-0.15, -0.1) is 5.10 Å². The van der Waals surface area contributed by atoms with Gasteiger partial charge >= 0.3 is 0 Å². The van der Waals surface area contributed by atoms with E-state index in [4.69, 9.17) is 14.6 Å². The van der Waals surface area contributed by atoms with Gasteiger partial charge in [0.25, 0.3) is 5.91 Å². The Kier molecular flexibility index (Phi) is 8.12. The maximum atomic E-state index is 13.9. The monoisotopic (exact) mass is 521 g/mol. The van der Waals surface area contributed by atoms with E-state index >= 15 is 0 Å². The summed E-state index contributed by atoms with van der Waals surface area (Å²) in [6, 6.07) is 11.2. The summed E-state index contributed by atoms with van der Waals surface area (Å²) in [5.74, 6) is 2.54. The Morgan fingerprint density at radius 1 is 1.16 bits per heavy atom. The molecule has 0 saturated heterocycles. The Labute approximate surface area is 222 Å². The number of anilines is 2. The van der Waals surface area contributed by atoms with Crippen molar-refractivity contribution in [1.82, 2.24) is 14.8 Å². The molecule has 3 aromatic rings. The number of aryl methyl sites for hydroxylation is 1. The number of carbonyl (C=O) groups excluding carboxylic acids is 1. The molecule has 1 aliphatic heterocycles. The number of allylic oxidation sites excluding steroid dienone is 1. The first-order valence-electron chi connectivity index (χ1n) is 12.6. The summed E-state index contributed by atoms with van der Waals surface area (Å²) in [4.78, 5) is 18.5. The number of hydrogen-bond acceptors (Lipinski definition) is 7. The van der Waals surface area contributed by atoms with Gasteiger partial charge in [-0.1, -0.05) is 36.9 Å². The zero-order valence-electron chi connectivity index (χ0n) is 22.5. The van der Waals surface area contributed by atoms with E-state index in [-0.39, 0.29) is 12.0 Å². The number of aromatic nitrogens is 3. The fourth-order valence-electron chi connectivity index (χ4n) is 4.31. The highest BCUT2D eigenvalue weighted by Gasteiger charge is 2.35. The van der Waals surface area contributed by atoms with Gasteiger partial charge in [-0.25, -0.2) is 4.68 Å². The van der Waals surface area contributed by atoms with E-state index in [1.165, 1.54) is 0 Å². The first kappa shape index (κ1) is 26.6. The summed E-state index contributed by atoms with van der Waals surface area (Å²) >= 11 is 1.56. The third kappa shape index (κ3) is 5.61. The van der Waals surface area contributed by atoms with Crippen molar-refractivity contribution in [2.45, 2.75) is 65.8 Å². The van der Waals surface area contributed by atoms with Crippen molar-refractivity contribution in [3.63, 3.8) is 0 Å². The summed E-state index contributed by atoms with van der Waals surface area (Å²) in [5, 5.41) is 11.9. The molecular weight excluding hydrogens is 486 g/mol. The molecule has 1 amide bonds. The second-order valence-corrected chi connectivity index (χ2v) is 10.4. The molecule has 1 unspecified atom stereocenters. The normalized spacial score (nSPS) is 14.9. The lowest BCUT2D eigenvalue weighted by Gasteiger charge is -2.29. The second-order valence-electron chi connectivity index (χ2n) is 9.17. The molecule has 0 aliphatic carbocycles. The standard InChI is InChI=1S/C28H35N5O3S/c1-8-35-23-15-20(13-14-22(23)36-16(3)4)25-24(26(34)30-21-12-10-11-17(5)18(21)6)19(7)29-27-31-28(37-9-2)32-33(25)27/h10-16,25H,8-9H2,1-7H3,(H,30,34)(H,29,31,32). The van der Waals surface area contributed by atoms with Crippen molar-refractivity contribution in [1.29, 1.82) is 0 Å². The highest BCUT2D eigenvalue weighted by molar-refractivity contribution is 7.99. The second kappa shape index (κ2) is 11.3. The van der Waals surface area contributed by atoms with Gasteiger partial charge in [-0.3, -0.25) is 4.79 Å². The summed E-state index contributed by atoms with van der Waals surface area (Å²) < 4.78 is 13.7. The molecule has 0 bridgehead atoms. The van der Waals surface area contributed by atoms with Crippen molar-refractivity contribution >= 4 is 29.3 Å². The maximum Gasteiger partial charge on any atom is 0.255 e. The van der Waals surface area contributed by atoms with Crippen LogP contribution in [-0.2, 0) is 4.79 Å². The van der Waals surface area contributed by atoms with E-state index < -0.39 is 6.04 Å². The average Bonchev–Trinajstić information content (AvgIpc) is 3.24. The smallest absolute Gasteiger partial charge is 0.255 e. The first-order valence-corrected chi connectivity index (χ1v) is 13.6. The number of nitrogens with one attached hydrogen (secondary N) is 2. The van der Waals surface area contributed by atoms with Gasteiger partial charge in [0.1, 0.15) is 6.04 Å². The minimum Gasteiger partial charge on any atom is -0.490 e. The van der Waals surface area contributed by atoms with Crippen LogP contribution >= 0.6 is 11.8 Å². The topological polar surface area (TPSA) is 90.3 Å². The van der Waals surface area contributed by atoms with Crippen molar-refractivity contribution in [3.8, 4) is 11.5 Å². The highest BCUT2D eigenvalue weighted by Crippen LogP contribution is 2.40. The number of benzene rings is 2. The van der Waals surface area contributed by atoms with Gasteiger partial charge in [0.15, 0.2) is 11.5 Å². The number of fused-ring (bicyclic) bond motifs is 1. The Hall–Kier alpha value is -3.46. The van der Waals surface area contributed by atoms with Crippen LogP contribution < -0.4 is 20.1 Å². The molecule has 2 aromatic carbocycles. The van der Waals surface area contributed by atoms with Gasteiger partial charge in [-0.2, -0.15) is 4.98 Å². The van der Waals surface area contributed by atoms with Crippen molar-refractivity contribution in [2.75, 3.05) is 23.0 Å². The molecule has 1 atom stereocenters. The molecule has 1 aromatic heterocycles. The number of thioether (sulfide) groups is 1. The lowest BCUT2D eigenvalue weighted by molar-refractivity contribution is -0.113. The molecule has 0 radical (unpaired) electrons. The Morgan fingerprint density at radius 3 is 2.65 bits per heavy atom. The summed E-state index contributed by atoms with van der Waals surface area (Å²) in [6.45, 7) is 14.4. The van der Waals surface area contributed by atoms with Crippen LogP contribution in [0.15, 0.2) is 52.8 Å². The third-order valence-corrected chi connectivity index (χ3v) is 6.87. The molecule has 37 heavy (non-hydrogen) atoms. The predicted molar refractivity (Wildman–Crippen MR) is 149 cm³/mol. The molecule has 196 valence electrons. The van der Waals surface area contributed by atoms with E-state index in [9.17, 15) is 4.79 Å².